The van der Waals surface area contributed by atoms with E-state index in [9.17, 15) is 9.59 Å². The van der Waals surface area contributed by atoms with Gasteiger partial charge >= 0.3 is 0 Å². The van der Waals surface area contributed by atoms with Crippen LogP contribution in [0.25, 0.3) is 21.5 Å². The zero-order valence-electron chi connectivity index (χ0n) is 12.8. The van der Waals surface area contributed by atoms with Crippen LogP contribution >= 0.6 is 0 Å². The molecule has 4 rings (SSSR count). The van der Waals surface area contributed by atoms with Crippen LogP contribution in [0.3, 0.4) is 0 Å². The molecule has 0 unspecified atom stereocenters. The lowest BCUT2D eigenvalue weighted by Crippen LogP contribution is -1.97. The predicted molar refractivity (Wildman–Crippen MR) is 94.5 cm³/mol. The lowest BCUT2D eigenvalue weighted by atomic mass is 10.0. The number of aryl methyl sites for hydroxylation is 1. The first kappa shape index (κ1) is 14.9. The number of allylic oxidation sites excluding steroid dienone is 4. The number of carbonyl (C=O) groups excluding carboxylic acids is 2. The largest absolute Gasteiger partial charge is 0.290 e. The van der Waals surface area contributed by atoms with Crippen molar-refractivity contribution in [3.05, 3.63) is 84.5 Å². The normalized spacial score (nSPS) is 13.3. The second-order valence-corrected chi connectivity index (χ2v) is 5.47. The molecule has 0 fully saturated rings. The summed E-state index contributed by atoms with van der Waals surface area (Å²) in [6, 6.07) is 19.5. The van der Waals surface area contributed by atoms with Gasteiger partial charge in [-0.25, -0.2) is 0 Å². The van der Waals surface area contributed by atoms with Crippen molar-refractivity contribution in [1.82, 2.24) is 0 Å². The molecule has 3 aromatic rings. The Labute approximate surface area is 134 Å². The zero-order valence-corrected chi connectivity index (χ0v) is 12.8. The van der Waals surface area contributed by atoms with Crippen molar-refractivity contribution in [3.63, 3.8) is 0 Å². The summed E-state index contributed by atoms with van der Waals surface area (Å²) in [5.41, 5.74) is 1.35. The summed E-state index contributed by atoms with van der Waals surface area (Å²) < 4.78 is 0. The Balaban J connectivity index is 0.000000166. The standard InChI is InChI=1S/C15H12.C6H4O2/c1-11-5-4-8-14-9-12-6-2-3-7-13(12)10-15(11)14;7-5-1-2-6(8)4-3-5/h2-10H,1H3;1-4H. The minimum atomic E-state index is -0.121. The second kappa shape index (κ2) is 6.41. The third-order valence-corrected chi connectivity index (χ3v) is 3.79. The fourth-order valence-electron chi connectivity index (χ4n) is 2.56. The van der Waals surface area contributed by atoms with Crippen LogP contribution in [-0.4, -0.2) is 11.6 Å². The van der Waals surface area contributed by atoms with Gasteiger partial charge in [-0.05, 0) is 70.5 Å². The Hall–Kier alpha value is -3.00. The van der Waals surface area contributed by atoms with Crippen LogP contribution in [0.1, 0.15) is 5.56 Å². The van der Waals surface area contributed by atoms with Crippen LogP contribution in [0.15, 0.2) is 78.9 Å². The number of benzene rings is 3. The minimum Gasteiger partial charge on any atom is -0.290 e. The Morgan fingerprint density at radius 3 is 1.74 bits per heavy atom. The average molecular weight is 300 g/mol. The highest BCUT2D eigenvalue weighted by molar-refractivity contribution is 6.14. The smallest absolute Gasteiger partial charge is 0.178 e. The lowest BCUT2D eigenvalue weighted by molar-refractivity contribution is -0.113. The van der Waals surface area contributed by atoms with Crippen LogP contribution in [0.5, 0.6) is 0 Å². The highest BCUT2D eigenvalue weighted by atomic mass is 16.1. The molecule has 0 bridgehead atoms. The van der Waals surface area contributed by atoms with Crippen molar-refractivity contribution < 1.29 is 9.59 Å². The maximum atomic E-state index is 10.3. The van der Waals surface area contributed by atoms with E-state index in [1.165, 1.54) is 51.4 Å². The third kappa shape index (κ3) is 3.43. The number of rotatable bonds is 0. The van der Waals surface area contributed by atoms with Gasteiger partial charge in [-0.15, -0.1) is 0 Å². The number of carbonyl (C=O) groups is 2. The molecule has 23 heavy (non-hydrogen) atoms. The molecule has 2 nitrogen and oxygen atoms in total. The second-order valence-electron chi connectivity index (χ2n) is 5.47. The van der Waals surface area contributed by atoms with E-state index in [0.717, 1.165) is 0 Å². The van der Waals surface area contributed by atoms with Crippen LogP contribution in [-0.2, 0) is 9.59 Å². The van der Waals surface area contributed by atoms with Crippen LogP contribution in [0, 0.1) is 6.92 Å². The highest BCUT2D eigenvalue weighted by Crippen LogP contribution is 2.24. The molecule has 0 saturated heterocycles. The topological polar surface area (TPSA) is 34.1 Å². The number of hydrogen-bond acceptors (Lipinski definition) is 2. The van der Waals surface area contributed by atoms with Gasteiger partial charge in [0, 0.05) is 0 Å². The van der Waals surface area contributed by atoms with Crippen LogP contribution in [0.4, 0.5) is 0 Å². The van der Waals surface area contributed by atoms with E-state index in [-0.39, 0.29) is 11.6 Å². The van der Waals surface area contributed by atoms with E-state index in [2.05, 4.69) is 61.5 Å². The van der Waals surface area contributed by atoms with E-state index < -0.39 is 0 Å². The van der Waals surface area contributed by atoms with Gasteiger partial charge in [0.15, 0.2) is 11.6 Å². The third-order valence-electron chi connectivity index (χ3n) is 3.79. The molecule has 0 saturated carbocycles. The summed E-state index contributed by atoms with van der Waals surface area (Å²) in [4.78, 5) is 20.6. The summed E-state index contributed by atoms with van der Waals surface area (Å²) in [5, 5.41) is 5.32. The van der Waals surface area contributed by atoms with Crippen molar-refractivity contribution in [2.75, 3.05) is 0 Å². The Bertz CT molecular complexity index is 924. The molecule has 3 aromatic carbocycles. The molecule has 0 N–H and O–H groups in total. The van der Waals surface area contributed by atoms with Gasteiger partial charge in [0.25, 0.3) is 0 Å². The van der Waals surface area contributed by atoms with Crippen molar-refractivity contribution in [3.8, 4) is 0 Å². The number of ketones is 2. The van der Waals surface area contributed by atoms with Gasteiger partial charge < -0.3 is 0 Å². The van der Waals surface area contributed by atoms with E-state index >= 15 is 0 Å². The van der Waals surface area contributed by atoms with Gasteiger partial charge in [0.1, 0.15) is 0 Å². The summed E-state index contributed by atoms with van der Waals surface area (Å²) in [7, 11) is 0. The van der Waals surface area contributed by atoms with E-state index in [1.54, 1.807) is 0 Å². The maximum absolute atomic E-state index is 10.3. The van der Waals surface area contributed by atoms with E-state index in [0.29, 0.717) is 0 Å². The molecule has 1 aliphatic carbocycles. The van der Waals surface area contributed by atoms with Gasteiger partial charge in [-0.3, -0.25) is 9.59 Å². The van der Waals surface area contributed by atoms with Gasteiger partial charge in [-0.2, -0.15) is 0 Å². The predicted octanol–water partition coefficient (Wildman–Crippen LogP) is 4.55. The Morgan fingerprint density at radius 2 is 1.13 bits per heavy atom. The molecule has 1 aliphatic rings. The maximum Gasteiger partial charge on any atom is 0.178 e. The molecule has 0 radical (unpaired) electrons. The molecular weight excluding hydrogens is 284 g/mol. The van der Waals surface area contributed by atoms with E-state index in [1.807, 2.05) is 0 Å². The first-order chi connectivity index (χ1) is 11.1. The summed E-state index contributed by atoms with van der Waals surface area (Å²) in [5.74, 6) is -0.241. The van der Waals surface area contributed by atoms with E-state index in [4.69, 9.17) is 0 Å². The minimum absolute atomic E-state index is 0.121. The van der Waals surface area contributed by atoms with Crippen molar-refractivity contribution in [2.24, 2.45) is 0 Å². The van der Waals surface area contributed by atoms with Gasteiger partial charge in [0.2, 0.25) is 0 Å². The molecule has 0 heterocycles. The first-order valence-corrected chi connectivity index (χ1v) is 7.46. The first-order valence-electron chi connectivity index (χ1n) is 7.46. The molecule has 0 amide bonds. The van der Waals surface area contributed by atoms with Crippen LogP contribution < -0.4 is 0 Å². The fourth-order valence-corrected chi connectivity index (χ4v) is 2.56. The molecule has 112 valence electrons. The molecule has 0 aromatic heterocycles. The van der Waals surface area contributed by atoms with Crippen molar-refractivity contribution in [1.29, 1.82) is 0 Å². The quantitative estimate of drug-likeness (QED) is 0.451. The highest BCUT2D eigenvalue weighted by Gasteiger charge is 1.99. The van der Waals surface area contributed by atoms with Crippen LogP contribution in [0.2, 0.25) is 0 Å². The van der Waals surface area contributed by atoms with Crippen molar-refractivity contribution >= 4 is 33.1 Å². The monoisotopic (exact) mass is 300 g/mol. The molecular formula is C21H16O2. The summed E-state index contributed by atoms with van der Waals surface area (Å²) >= 11 is 0. The van der Waals surface area contributed by atoms with Crippen molar-refractivity contribution in [2.45, 2.75) is 6.92 Å². The molecule has 2 heteroatoms. The molecule has 0 aliphatic heterocycles. The van der Waals surface area contributed by atoms with Gasteiger partial charge in [0.05, 0.1) is 0 Å². The molecule has 0 spiro atoms. The lowest BCUT2D eigenvalue weighted by Gasteiger charge is -2.04. The summed E-state index contributed by atoms with van der Waals surface area (Å²) in [6.45, 7) is 2.16. The Kier molecular flexibility index (Phi) is 4.15. The summed E-state index contributed by atoms with van der Waals surface area (Å²) in [6.07, 6.45) is 5.01. The number of hydrogen-bond donors (Lipinski definition) is 0. The number of fused-ring (bicyclic) bond motifs is 2. The molecule has 0 atom stereocenters. The Morgan fingerprint density at radius 1 is 0.609 bits per heavy atom. The zero-order chi connectivity index (χ0) is 16.2. The fraction of sp³-hybridized carbons (Fsp3) is 0.0476. The SMILES string of the molecule is Cc1cccc2cc3ccccc3cc12.O=C1C=CC(=O)C=C1. The average Bonchev–Trinajstić information content (AvgIpc) is 2.57. The van der Waals surface area contributed by atoms with Gasteiger partial charge in [-0.1, -0.05) is 42.5 Å².